The van der Waals surface area contributed by atoms with Crippen LogP contribution in [0.3, 0.4) is 0 Å². The minimum Gasteiger partial charge on any atom is -0.373 e. The third-order valence-electron chi connectivity index (χ3n) is 7.17. The predicted molar refractivity (Wildman–Crippen MR) is 159 cm³/mol. The van der Waals surface area contributed by atoms with E-state index in [-0.39, 0.29) is 0 Å². The second kappa shape index (κ2) is 10.8. The fourth-order valence-electron chi connectivity index (χ4n) is 5.39. The van der Waals surface area contributed by atoms with Gasteiger partial charge in [0.15, 0.2) is 5.65 Å². The van der Waals surface area contributed by atoms with Crippen LogP contribution in [-0.4, -0.2) is 33.3 Å². The molecule has 0 fully saturated rings. The zero-order chi connectivity index (χ0) is 27.4. The summed E-state index contributed by atoms with van der Waals surface area (Å²) in [7, 11) is 1.83. The molecule has 4 aromatic carbocycles. The number of pyridine rings is 1. The average Bonchev–Trinajstić information content (AvgIpc) is 3.46. The fraction of sp³-hybridized carbons (Fsp3) is 0.0588. The van der Waals surface area contributed by atoms with Crippen LogP contribution in [0, 0.1) is 0 Å². The van der Waals surface area contributed by atoms with Crippen LogP contribution in [0.1, 0.15) is 27.8 Å². The summed E-state index contributed by atoms with van der Waals surface area (Å²) in [5.41, 5.74) is 5.78. The normalized spacial score (nSPS) is 11.9. The molecule has 0 bridgehead atoms. The molecule has 0 radical (unpaired) electrons. The first kappa shape index (κ1) is 24.9. The number of benzene rings is 4. The van der Waals surface area contributed by atoms with Crippen molar-refractivity contribution in [3.8, 4) is 0 Å². The lowest BCUT2D eigenvalue weighted by Gasteiger charge is -2.36. The Labute approximate surface area is 232 Å². The Morgan fingerprint density at radius 1 is 0.750 bits per heavy atom. The molecule has 194 valence electrons. The molecule has 0 unspecified atom stereocenters. The van der Waals surface area contributed by atoms with E-state index >= 15 is 0 Å². The van der Waals surface area contributed by atoms with Crippen LogP contribution in [0.5, 0.6) is 0 Å². The number of aldehydes is 1. The van der Waals surface area contributed by atoms with Gasteiger partial charge in [0.2, 0.25) is 0 Å². The number of nitrogens with one attached hydrogen (secondary N) is 1. The smallest absolute Gasteiger partial charge is 0.182 e. The highest BCUT2D eigenvalue weighted by molar-refractivity contribution is 5.98. The molecular weight excluding hydrogens is 494 g/mol. The molecule has 0 aliphatic heterocycles. The Morgan fingerprint density at radius 2 is 1.25 bits per heavy atom. The molecule has 6 nitrogen and oxygen atoms in total. The fourth-order valence-corrected chi connectivity index (χ4v) is 5.39. The quantitative estimate of drug-likeness (QED) is 0.144. The number of fused-ring (bicyclic) bond motifs is 1. The lowest BCUT2D eigenvalue weighted by molar-refractivity contribution is -0.104. The van der Waals surface area contributed by atoms with Crippen LogP contribution in [-0.2, 0) is 10.3 Å². The van der Waals surface area contributed by atoms with Crippen molar-refractivity contribution in [2.24, 2.45) is 0 Å². The Bertz CT molecular complexity index is 1680. The van der Waals surface area contributed by atoms with Crippen LogP contribution >= 0.6 is 0 Å². The second-order valence-electron chi connectivity index (χ2n) is 9.37. The minimum atomic E-state index is -0.879. The van der Waals surface area contributed by atoms with E-state index in [2.05, 4.69) is 41.7 Å². The van der Waals surface area contributed by atoms with Gasteiger partial charge in [-0.3, -0.25) is 4.79 Å². The molecule has 0 atom stereocenters. The highest BCUT2D eigenvalue weighted by atomic mass is 16.1. The van der Waals surface area contributed by atoms with Crippen LogP contribution in [0.2, 0.25) is 0 Å². The molecule has 0 amide bonds. The van der Waals surface area contributed by atoms with Gasteiger partial charge in [-0.05, 0) is 40.0 Å². The lowest BCUT2D eigenvalue weighted by Crippen LogP contribution is -2.38. The van der Waals surface area contributed by atoms with E-state index in [0.717, 1.165) is 39.7 Å². The van der Waals surface area contributed by atoms with Crippen molar-refractivity contribution >= 4 is 28.8 Å². The van der Waals surface area contributed by atoms with E-state index in [0.29, 0.717) is 17.0 Å². The predicted octanol–water partition coefficient (Wildman–Crippen LogP) is 6.34. The van der Waals surface area contributed by atoms with Crippen molar-refractivity contribution in [3.05, 3.63) is 161 Å². The number of hydrogen-bond acceptors (Lipinski definition) is 5. The van der Waals surface area contributed by atoms with Crippen molar-refractivity contribution in [1.29, 1.82) is 0 Å². The number of carbonyl (C=O) groups excluding carboxylic acids is 1. The average molecular weight is 522 g/mol. The number of aromatic nitrogens is 4. The minimum absolute atomic E-state index is 0.589. The number of anilines is 1. The van der Waals surface area contributed by atoms with Gasteiger partial charge in [-0.15, -0.1) is 5.10 Å². The van der Waals surface area contributed by atoms with Gasteiger partial charge in [-0.1, -0.05) is 127 Å². The Kier molecular flexibility index (Phi) is 6.73. The topological polar surface area (TPSA) is 72.7 Å². The van der Waals surface area contributed by atoms with Gasteiger partial charge in [0.1, 0.15) is 23.2 Å². The summed E-state index contributed by atoms with van der Waals surface area (Å²) in [6, 6.07) is 42.6. The molecule has 0 spiro atoms. The standard InChI is InChI=1S/C34H27N5O/c1-35-31-24-30(29(22-23-40)25-14-6-2-7-15-25)32-33(36-31)39(38-37-32)34(26-16-8-3-9-17-26,27-18-10-4-11-19-27)28-20-12-5-13-21-28/h2-24H,1H3,(H,35,36)/b29-22-. The number of carbonyl (C=O) groups is 1. The Hall–Kier alpha value is -5.36. The van der Waals surface area contributed by atoms with Crippen molar-refractivity contribution in [2.75, 3.05) is 12.4 Å². The maximum atomic E-state index is 11.8. The van der Waals surface area contributed by atoms with E-state index < -0.39 is 5.54 Å². The summed E-state index contributed by atoms with van der Waals surface area (Å²) < 4.78 is 1.91. The van der Waals surface area contributed by atoms with Crippen molar-refractivity contribution in [1.82, 2.24) is 20.0 Å². The number of rotatable bonds is 8. The second-order valence-corrected chi connectivity index (χ2v) is 9.37. The van der Waals surface area contributed by atoms with E-state index in [9.17, 15) is 4.79 Å². The summed E-state index contributed by atoms with van der Waals surface area (Å²) in [5, 5.41) is 12.8. The number of hydrogen-bond donors (Lipinski definition) is 1. The summed E-state index contributed by atoms with van der Waals surface area (Å²) in [6.07, 6.45) is 2.38. The van der Waals surface area contributed by atoms with Gasteiger partial charge < -0.3 is 5.32 Å². The van der Waals surface area contributed by atoms with Gasteiger partial charge >= 0.3 is 0 Å². The van der Waals surface area contributed by atoms with Crippen LogP contribution in [0.4, 0.5) is 5.82 Å². The highest BCUT2D eigenvalue weighted by Crippen LogP contribution is 2.42. The first-order chi connectivity index (χ1) is 19.8. The van der Waals surface area contributed by atoms with Gasteiger partial charge in [-0.2, -0.15) is 0 Å². The number of allylic oxidation sites excluding steroid dienone is 1. The van der Waals surface area contributed by atoms with E-state index in [1.807, 2.05) is 103 Å². The van der Waals surface area contributed by atoms with Crippen LogP contribution in [0.15, 0.2) is 133 Å². The summed E-state index contributed by atoms with van der Waals surface area (Å²) in [5.74, 6) is 0.641. The first-order valence-electron chi connectivity index (χ1n) is 13.1. The number of nitrogens with zero attached hydrogens (tertiary/aromatic N) is 4. The van der Waals surface area contributed by atoms with Crippen LogP contribution < -0.4 is 5.32 Å². The molecule has 2 aromatic heterocycles. The van der Waals surface area contributed by atoms with E-state index in [4.69, 9.17) is 15.3 Å². The third-order valence-corrected chi connectivity index (χ3v) is 7.17. The van der Waals surface area contributed by atoms with Gasteiger partial charge in [-0.25, -0.2) is 9.67 Å². The van der Waals surface area contributed by atoms with E-state index in [1.165, 1.54) is 0 Å². The maximum absolute atomic E-state index is 11.8. The van der Waals surface area contributed by atoms with Crippen molar-refractivity contribution in [3.63, 3.8) is 0 Å². The zero-order valence-electron chi connectivity index (χ0n) is 22.0. The molecular formula is C34H27N5O. The van der Waals surface area contributed by atoms with Gasteiger partial charge in [0.25, 0.3) is 0 Å². The van der Waals surface area contributed by atoms with Gasteiger partial charge in [0, 0.05) is 12.6 Å². The molecule has 2 heterocycles. The van der Waals surface area contributed by atoms with Crippen molar-refractivity contribution < 1.29 is 4.79 Å². The maximum Gasteiger partial charge on any atom is 0.182 e. The lowest BCUT2D eigenvalue weighted by atomic mass is 9.77. The first-order valence-corrected chi connectivity index (χ1v) is 13.1. The Balaban J connectivity index is 1.74. The largest absolute Gasteiger partial charge is 0.373 e. The summed E-state index contributed by atoms with van der Waals surface area (Å²) in [4.78, 5) is 16.8. The summed E-state index contributed by atoms with van der Waals surface area (Å²) >= 11 is 0. The molecule has 6 aromatic rings. The van der Waals surface area contributed by atoms with Gasteiger partial charge in [0.05, 0.1) is 0 Å². The molecule has 0 aliphatic rings. The summed E-state index contributed by atoms with van der Waals surface area (Å²) in [6.45, 7) is 0. The molecule has 6 rings (SSSR count). The third kappa shape index (κ3) is 4.16. The molecule has 1 N–H and O–H groups in total. The van der Waals surface area contributed by atoms with E-state index in [1.54, 1.807) is 6.08 Å². The van der Waals surface area contributed by atoms with Crippen LogP contribution in [0.25, 0.3) is 16.7 Å². The highest BCUT2D eigenvalue weighted by Gasteiger charge is 2.41. The molecule has 40 heavy (non-hydrogen) atoms. The molecule has 0 aliphatic carbocycles. The molecule has 0 saturated carbocycles. The molecule has 0 saturated heterocycles. The monoisotopic (exact) mass is 521 g/mol. The Morgan fingerprint density at radius 3 is 1.73 bits per heavy atom. The zero-order valence-corrected chi connectivity index (χ0v) is 22.0. The molecule has 6 heteroatoms. The SMILES string of the molecule is CNc1cc(/C(=C\C=O)c2ccccc2)c2nnn(C(c3ccccc3)(c3ccccc3)c3ccccc3)c2n1. The van der Waals surface area contributed by atoms with Crippen molar-refractivity contribution in [2.45, 2.75) is 5.54 Å².